The summed E-state index contributed by atoms with van der Waals surface area (Å²) in [7, 11) is 1.35. The second-order valence-electron chi connectivity index (χ2n) is 7.73. The van der Waals surface area contributed by atoms with E-state index in [0.29, 0.717) is 24.3 Å². The van der Waals surface area contributed by atoms with Crippen LogP contribution in [0.4, 0.5) is 4.39 Å². The maximum absolute atomic E-state index is 13.3. The molecule has 4 rings (SSSR count). The van der Waals surface area contributed by atoms with Crippen molar-refractivity contribution in [1.29, 1.82) is 0 Å². The van der Waals surface area contributed by atoms with Crippen LogP contribution in [0, 0.1) is 5.82 Å². The van der Waals surface area contributed by atoms with Crippen LogP contribution in [-0.4, -0.2) is 46.2 Å². The Balaban J connectivity index is 1.89. The first kappa shape index (κ1) is 22.3. The van der Waals surface area contributed by atoms with Gasteiger partial charge >= 0.3 is 0 Å². The van der Waals surface area contributed by atoms with Crippen molar-refractivity contribution in [1.82, 2.24) is 20.2 Å². The van der Waals surface area contributed by atoms with Gasteiger partial charge in [-0.05, 0) is 24.6 Å². The Morgan fingerprint density at radius 3 is 2.70 bits per heavy atom. The molecule has 3 heterocycles. The van der Waals surface area contributed by atoms with Gasteiger partial charge in [0.05, 0.1) is 13.0 Å². The monoisotopic (exact) mass is 454 g/mol. The Morgan fingerprint density at radius 1 is 1.30 bits per heavy atom. The van der Waals surface area contributed by atoms with E-state index in [9.17, 15) is 23.9 Å². The second kappa shape index (κ2) is 8.89. The highest BCUT2D eigenvalue weighted by Crippen LogP contribution is 2.38. The van der Waals surface area contributed by atoms with Gasteiger partial charge in [0.15, 0.2) is 11.5 Å². The van der Waals surface area contributed by atoms with Gasteiger partial charge in [0.25, 0.3) is 11.5 Å². The van der Waals surface area contributed by atoms with Crippen molar-refractivity contribution in [2.75, 3.05) is 13.6 Å². The minimum absolute atomic E-state index is 0.00426. The molecule has 2 amide bonds. The van der Waals surface area contributed by atoms with E-state index in [1.54, 1.807) is 19.1 Å². The zero-order chi connectivity index (χ0) is 23.7. The summed E-state index contributed by atoms with van der Waals surface area (Å²) in [5.74, 6) is -1.59. The lowest BCUT2D eigenvalue weighted by Gasteiger charge is -2.29. The van der Waals surface area contributed by atoms with Crippen molar-refractivity contribution < 1.29 is 23.8 Å². The third-order valence-corrected chi connectivity index (χ3v) is 5.49. The molecular weight excluding hydrogens is 431 g/mol. The average Bonchev–Trinajstić information content (AvgIpc) is 2.79. The third-order valence-electron chi connectivity index (χ3n) is 5.49. The Hall–Kier alpha value is -3.95. The van der Waals surface area contributed by atoms with Gasteiger partial charge in [-0.2, -0.15) is 0 Å². The van der Waals surface area contributed by atoms with Gasteiger partial charge in [0.1, 0.15) is 28.5 Å². The summed E-state index contributed by atoms with van der Waals surface area (Å²) in [5, 5.41) is 15.8. The van der Waals surface area contributed by atoms with Crippen LogP contribution < -0.4 is 20.9 Å². The maximum Gasteiger partial charge on any atom is 0.268 e. The second-order valence-corrected chi connectivity index (χ2v) is 7.73. The SMILES string of the molecule is CCNC(=O)C[C@@H]1Cn2c(=O)c(C(=O)NC)c(O)c3ncc(Cc4ccc(F)cc4)c(c32)O1. The molecule has 1 aromatic carbocycles. The first-order chi connectivity index (χ1) is 15.8. The highest BCUT2D eigenvalue weighted by molar-refractivity contribution is 6.02. The van der Waals surface area contributed by atoms with Crippen LogP contribution in [0.5, 0.6) is 11.5 Å². The topological polar surface area (TPSA) is 123 Å². The van der Waals surface area contributed by atoms with Gasteiger partial charge < -0.3 is 20.5 Å². The van der Waals surface area contributed by atoms with Crippen LogP contribution >= 0.6 is 0 Å². The van der Waals surface area contributed by atoms with Crippen molar-refractivity contribution in [2.45, 2.75) is 32.4 Å². The smallest absolute Gasteiger partial charge is 0.268 e. The number of amides is 2. The standard InChI is InChI=1S/C23H23FN4O5/c1-3-26-16(29)9-15-11-28-19-18(20(30)17(23(28)32)22(31)25-2)27-10-13(21(19)33-15)8-12-4-6-14(24)7-5-12/h4-7,10,15,30H,3,8-9,11H2,1-2H3,(H,25,31)(H,26,29)/t15-/m1/s1. The fourth-order valence-electron chi connectivity index (χ4n) is 3.98. The van der Waals surface area contributed by atoms with Crippen LogP contribution in [-0.2, 0) is 17.8 Å². The summed E-state index contributed by atoms with van der Waals surface area (Å²) in [5.41, 5.74) is 0.539. The first-order valence-electron chi connectivity index (χ1n) is 10.5. The molecule has 0 unspecified atom stereocenters. The van der Waals surface area contributed by atoms with Gasteiger partial charge in [-0.3, -0.25) is 23.9 Å². The lowest BCUT2D eigenvalue weighted by molar-refractivity contribution is -0.122. The van der Waals surface area contributed by atoms with E-state index < -0.39 is 28.9 Å². The molecule has 0 spiro atoms. The Morgan fingerprint density at radius 2 is 2.03 bits per heavy atom. The number of hydrogen-bond acceptors (Lipinski definition) is 6. The van der Waals surface area contributed by atoms with E-state index >= 15 is 0 Å². The molecule has 3 aromatic rings. The molecule has 0 bridgehead atoms. The number of aromatic nitrogens is 2. The van der Waals surface area contributed by atoms with Crippen molar-refractivity contribution in [3.63, 3.8) is 0 Å². The van der Waals surface area contributed by atoms with E-state index in [-0.39, 0.29) is 35.7 Å². The van der Waals surface area contributed by atoms with Crippen molar-refractivity contribution in [3.05, 3.63) is 63.3 Å². The summed E-state index contributed by atoms with van der Waals surface area (Å²) in [4.78, 5) is 42.0. The number of carbonyl (C=O) groups excluding carboxylic acids is 2. The van der Waals surface area contributed by atoms with Crippen molar-refractivity contribution >= 4 is 22.8 Å². The Kier molecular flexibility index (Phi) is 5.99. The molecule has 3 N–H and O–H groups in total. The first-order valence-corrected chi connectivity index (χ1v) is 10.5. The molecule has 0 saturated heterocycles. The summed E-state index contributed by atoms with van der Waals surface area (Å²) in [6.07, 6.45) is 1.12. The molecule has 0 saturated carbocycles. The van der Waals surface area contributed by atoms with E-state index in [2.05, 4.69) is 15.6 Å². The van der Waals surface area contributed by atoms with Gasteiger partial charge in [-0.15, -0.1) is 0 Å². The van der Waals surface area contributed by atoms with E-state index in [1.807, 2.05) is 0 Å². The fourth-order valence-corrected chi connectivity index (χ4v) is 3.98. The molecular formula is C23H23FN4O5. The number of aromatic hydroxyl groups is 1. The lowest BCUT2D eigenvalue weighted by atomic mass is 10.0. The van der Waals surface area contributed by atoms with Crippen LogP contribution in [0.15, 0.2) is 35.3 Å². The number of nitrogens with one attached hydrogen (secondary N) is 2. The van der Waals surface area contributed by atoms with Crippen LogP contribution in [0.2, 0.25) is 0 Å². The average molecular weight is 454 g/mol. The summed E-state index contributed by atoms with van der Waals surface area (Å²) in [6.45, 7) is 2.25. The molecule has 33 heavy (non-hydrogen) atoms. The summed E-state index contributed by atoms with van der Waals surface area (Å²) < 4.78 is 20.8. The number of carbonyl (C=O) groups is 2. The number of pyridine rings is 2. The highest BCUT2D eigenvalue weighted by atomic mass is 19.1. The van der Waals surface area contributed by atoms with E-state index in [1.165, 1.54) is 29.9 Å². The third kappa shape index (κ3) is 4.11. The predicted octanol–water partition coefficient (Wildman–Crippen LogP) is 1.48. The van der Waals surface area contributed by atoms with Crippen molar-refractivity contribution in [2.24, 2.45) is 0 Å². The predicted molar refractivity (Wildman–Crippen MR) is 118 cm³/mol. The van der Waals surface area contributed by atoms with Gasteiger partial charge in [0.2, 0.25) is 5.91 Å². The molecule has 1 aliphatic heterocycles. The fraction of sp³-hybridized carbons (Fsp3) is 0.304. The molecule has 2 aromatic heterocycles. The highest BCUT2D eigenvalue weighted by Gasteiger charge is 2.32. The lowest BCUT2D eigenvalue weighted by Crippen LogP contribution is -2.40. The van der Waals surface area contributed by atoms with Crippen molar-refractivity contribution in [3.8, 4) is 11.5 Å². The minimum Gasteiger partial charge on any atom is -0.505 e. The Labute approximate surface area is 188 Å². The van der Waals surface area contributed by atoms with E-state index in [0.717, 1.165) is 5.56 Å². The normalized spacial score (nSPS) is 14.6. The minimum atomic E-state index is -0.742. The van der Waals surface area contributed by atoms with Gasteiger partial charge in [-0.1, -0.05) is 12.1 Å². The molecule has 0 radical (unpaired) electrons. The molecule has 0 aliphatic carbocycles. The van der Waals surface area contributed by atoms with E-state index in [4.69, 9.17) is 4.74 Å². The van der Waals surface area contributed by atoms with Gasteiger partial charge in [-0.25, -0.2) is 4.39 Å². The number of ether oxygens (including phenoxy) is 1. The number of nitrogens with zero attached hydrogens (tertiary/aromatic N) is 2. The number of rotatable bonds is 6. The zero-order valence-electron chi connectivity index (χ0n) is 18.1. The van der Waals surface area contributed by atoms with Gasteiger partial charge in [0, 0.05) is 31.8 Å². The quantitative estimate of drug-likeness (QED) is 0.519. The molecule has 9 nitrogen and oxygen atoms in total. The zero-order valence-corrected chi connectivity index (χ0v) is 18.1. The summed E-state index contributed by atoms with van der Waals surface area (Å²) in [6, 6.07) is 5.93. The summed E-state index contributed by atoms with van der Waals surface area (Å²) >= 11 is 0. The van der Waals surface area contributed by atoms with Crippen LogP contribution in [0.3, 0.4) is 0 Å². The molecule has 1 atom stereocenters. The number of benzene rings is 1. The molecule has 172 valence electrons. The Bertz CT molecular complexity index is 1300. The molecule has 1 aliphatic rings. The van der Waals surface area contributed by atoms with Crippen LogP contribution in [0.1, 0.15) is 34.8 Å². The molecule has 0 fully saturated rings. The van der Waals surface area contributed by atoms with Crippen LogP contribution in [0.25, 0.3) is 11.0 Å². The molecule has 10 heteroatoms. The number of hydrogen-bond donors (Lipinski definition) is 3. The largest absolute Gasteiger partial charge is 0.505 e. The number of halogens is 1. The maximum atomic E-state index is 13.3.